The lowest BCUT2D eigenvalue weighted by molar-refractivity contribution is -0.132. The number of carbonyl (C=O) groups is 1. The van der Waals surface area contributed by atoms with Gasteiger partial charge in [-0.3, -0.25) is 9.69 Å². The van der Waals surface area contributed by atoms with E-state index in [2.05, 4.69) is 6.58 Å². The predicted molar refractivity (Wildman–Crippen MR) is 110 cm³/mol. The summed E-state index contributed by atoms with van der Waals surface area (Å²) in [5.41, 5.74) is 7.74. The average molecular weight is 403 g/mol. The molecule has 0 radical (unpaired) electrons. The molecule has 0 bridgehead atoms. The quantitative estimate of drug-likeness (QED) is 0.679. The Labute approximate surface area is 172 Å². The number of nitrogens with zero attached hydrogens (tertiary/aromatic N) is 1. The molecule has 4 atom stereocenters. The number of hydrogen-bond acceptors (Lipinski definition) is 4. The Morgan fingerprint density at radius 3 is 2.90 bits per heavy atom. The molecule has 0 aromatic heterocycles. The SMILES string of the molecule is C=C(N)N(C[C@@H]1CCOC1)C(=O)[C@@H]1c2cc(F)ccc2CC1C[C@H](C)/C=C(/C)O. The van der Waals surface area contributed by atoms with Crippen molar-refractivity contribution in [1.29, 1.82) is 0 Å². The van der Waals surface area contributed by atoms with Crippen molar-refractivity contribution in [3.63, 3.8) is 0 Å². The molecule has 1 aromatic rings. The van der Waals surface area contributed by atoms with Crippen LogP contribution in [0.25, 0.3) is 0 Å². The Balaban J connectivity index is 1.89. The Kier molecular flexibility index (Phi) is 6.63. The van der Waals surface area contributed by atoms with E-state index in [1.54, 1.807) is 24.0 Å². The minimum Gasteiger partial charge on any atom is -0.513 e. The third kappa shape index (κ3) is 4.99. The first kappa shape index (κ1) is 21.4. The number of aliphatic hydroxyl groups is 1. The van der Waals surface area contributed by atoms with Crippen LogP contribution < -0.4 is 5.73 Å². The van der Waals surface area contributed by atoms with Gasteiger partial charge in [0.25, 0.3) is 0 Å². The van der Waals surface area contributed by atoms with Crippen LogP contribution >= 0.6 is 0 Å². The van der Waals surface area contributed by atoms with Gasteiger partial charge in [0, 0.05) is 19.1 Å². The largest absolute Gasteiger partial charge is 0.513 e. The van der Waals surface area contributed by atoms with Crippen molar-refractivity contribution in [2.45, 2.75) is 39.0 Å². The van der Waals surface area contributed by atoms with Crippen LogP contribution in [0.15, 0.2) is 42.4 Å². The Hall–Kier alpha value is -2.34. The third-order valence-electron chi connectivity index (χ3n) is 5.94. The van der Waals surface area contributed by atoms with E-state index in [4.69, 9.17) is 10.5 Å². The molecular formula is C23H31FN2O3. The minimum absolute atomic E-state index is 0.00609. The second-order valence-electron chi connectivity index (χ2n) is 8.48. The summed E-state index contributed by atoms with van der Waals surface area (Å²) in [6.07, 6.45) is 4.09. The van der Waals surface area contributed by atoms with E-state index in [1.165, 1.54) is 12.1 Å². The maximum absolute atomic E-state index is 14.0. The fraction of sp³-hybridized carbons (Fsp3) is 0.522. The summed E-state index contributed by atoms with van der Waals surface area (Å²) in [5, 5.41) is 9.60. The van der Waals surface area contributed by atoms with Gasteiger partial charge in [-0.15, -0.1) is 0 Å². The number of rotatable bonds is 7. The number of nitrogens with two attached hydrogens (primary N) is 1. The van der Waals surface area contributed by atoms with Gasteiger partial charge in [0.05, 0.1) is 24.1 Å². The molecular weight excluding hydrogens is 371 g/mol. The van der Waals surface area contributed by atoms with E-state index in [-0.39, 0.29) is 41.1 Å². The number of allylic oxidation sites excluding steroid dienone is 2. The zero-order valence-electron chi connectivity index (χ0n) is 17.2. The predicted octanol–water partition coefficient (Wildman–Crippen LogP) is 3.86. The Morgan fingerprint density at radius 2 is 2.28 bits per heavy atom. The van der Waals surface area contributed by atoms with Gasteiger partial charge >= 0.3 is 0 Å². The van der Waals surface area contributed by atoms with Gasteiger partial charge in [-0.05, 0) is 67.4 Å². The molecule has 2 aliphatic rings. The van der Waals surface area contributed by atoms with Crippen LogP contribution in [0.2, 0.25) is 0 Å². The summed E-state index contributed by atoms with van der Waals surface area (Å²) in [4.78, 5) is 15.2. The second-order valence-corrected chi connectivity index (χ2v) is 8.48. The molecule has 1 unspecified atom stereocenters. The van der Waals surface area contributed by atoms with Gasteiger partial charge in [0.2, 0.25) is 5.91 Å². The van der Waals surface area contributed by atoms with Crippen LogP contribution in [0.5, 0.6) is 0 Å². The van der Waals surface area contributed by atoms with Crippen molar-refractivity contribution in [3.8, 4) is 0 Å². The van der Waals surface area contributed by atoms with Gasteiger partial charge in [0.15, 0.2) is 0 Å². The maximum Gasteiger partial charge on any atom is 0.235 e. The minimum atomic E-state index is -0.474. The fourth-order valence-corrected chi connectivity index (χ4v) is 4.71. The number of benzene rings is 1. The van der Waals surface area contributed by atoms with E-state index in [1.807, 2.05) is 6.92 Å². The van der Waals surface area contributed by atoms with Crippen LogP contribution in [0, 0.1) is 23.6 Å². The smallest absolute Gasteiger partial charge is 0.235 e. The summed E-state index contributed by atoms with van der Waals surface area (Å²) in [6.45, 7) is 9.23. The standard InChI is InChI=1S/C23H31FN2O3/c1-14(8-15(2)27)9-19-10-18-4-5-20(24)11-21(18)22(19)23(28)26(16(3)25)12-17-6-7-29-13-17/h4-5,8,11,14,17,19,22,27H,3,6-7,9-10,12-13,25H2,1-2H3/b15-8-/t14-,17+,19?,22+/m1/s1. The fourth-order valence-electron chi connectivity index (χ4n) is 4.71. The topological polar surface area (TPSA) is 75.8 Å². The van der Waals surface area contributed by atoms with Gasteiger partial charge in [-0.1, -0.05) is 19.6 Å². The zero-order chi connectivity index (χ0) is 21.1. The first-order valence-corrected chi connectivity index (χ1v) is 10.3. The number of ether oxygens (including phenoxy) is 1. The molecule has 29 heavy (non-hydrogen) atoms. The Bertz CT molecular complexity index is 797. The monoisotopic (exact) mass is 402 g/mol. The molecule has 3 rings (SSSR count). The lowest BCUT2D eigenvalue weighted by Gasteiger charge is -2.31. The number of fused-ring (bicyclic) bond motifs is 1. The van der Waals surface area contributed by atoms with E-state index in [9.17, 15) is 14.3 Å². The molecule has 1 fully saturated rings. The van der Waals surface area contributed by atoms with Crippen LogP contribution in [0.1, 0.15) is 43.7 Å². The molecule has 1 heterocycles. The highest BCUT2D eigenvalue weighted by Gasteiger charge is 2.41. The number of halogens is 1. The molecule has 3 N–H and O–H groups in total. The molecule has 6 heteroatoms. The number of carbonyl (C=O) groups excluding carboxylic acids is 1. The van der Waals surface area contributed by atoms with E-state index >= 15 is 0 Å². The lowest BCUT2D eigenvalue weighted by Crippen LogP contribution is -2.41. The van der Waals surface area contributed by atoms with E-state index < -0.39 is 5.92 Å². The highest BCUT2D eigenvalue weighted by atomic mass is 19.1. The van der Waals surface area contributed by atoms with Crippen molar-refractivity contribution in [3.05, 3.63) is 59.4 Å². The molecule has 5 nitrogen and oxygen atoms in total. The first-order chi connectivity index (χ1) is 13.8. The molecule has 1 aliphatic heterocycles. The molecule has 158 valence electrons. The first-order valence-electron chi connectivity index (χ1n) is 10.3. The van der Waals surface area contributed by atoms with Crippen molar-refractivity contribution in [2.24, 2.45) is 23.5 Å². The van der Waals surface area contributed by atoms with E-state index in [0.29, 0.717) is 32.6 Å². The highest BCUT2D eigenvalue weighted by Crippen LogP contribution is 2.43. The summed E-state index contributed by atoms with van der Waals surface area (Å²) < 4.78 is 19.5. The van der Waals surface area contributed by atoms with Gasteiger partial charge in [-0.2, -0.15) is 0 Å². The maximum atomic E-state index is 14.0. The third-order valence-corrected chi connectivity index (χ3v) is 5.94. The summed E-state index contributed by atoms with van der Waals surface area (Å²) in [6, 6.07) is 4.69. The molecule has 0 saturated carbocycles. The second kappa shape index (κ2) is 8.99. The van der Waals surface area contributed by atoms with Gasteiger partial charge in [-0.25, -0.2) is 4.39 Å². The summed E-state index contributed by atoms with van der Waals surface area (Å²) in [5.74, 6) is -0.143. The van der Waals surface area contributed by atoms with Crippen LogP contribution in [-0.2, 0) is 16.0 Å². The van der Waals surface area contributed by atoms with Gasteiger partial charge in [0.1, 0.15) is 5.82 Å². The zero-order valence-corrected chi connectivity index (χ0v) is 17.2. The lowest BCUT2D eigenvalue weighted by atomic mass is 9.84. The summed E-state index contributed by atoms with van der Waals surface area (Å²) in [7, 11) is 0. The molecule has 1 aromatic carbocycles. The van der Waals surface area contributed by atoms with Crippen molar-refractivity contribution in [1.82, 2.24) is 4.90 Å². The Morgan fingerprint density at radius 1 is 1.52 bits per heavy atom. The average Bonchev–Trinajstić information content (AvgIpc) is 3.25. The number of amides is 1. The number of hydrogen-bond donors (Lipinski definition) is 2. The van der Waals surface area contributed by atoms with E-state index in [0.717, 1.165) is 17.5 Å². The number of aliphatic hydroxyl groups excluding tert-OH is 1. The summed E-state index contributed by atoms with van der Waals surface area (Å²) >= 11 is 0. The molecule has 1 aliphatic carbocycles. The molecule has 1 amide bonds. The van der Waals surface area contributed by atoms with Crippen molar-refractivity contribution in [2.75, 3.05) is 19.8 Å². The van der Waals surface area contributed by atoms with Crippen molar-refractivity contribution >= 4 is 5.91 Å². The molecule has 0 spiro atoms. The van der Waals surface area contributed by atoms with Crippen LogP contribution in [-0.4, -0.2) is 35.7 Å². The van der Waals surface area contributed by atoms with Crippen molar-refractivity contribution < 1.29 is 19.0 Å². The van der Waals surface area contributed by atoms with Crippen LogP contribution in [0.4, 0.5) is 4.39 Å². The van der Waals surface area contributed by atoms with Gasteiger partial charge < -0.3 is 15.6 Å². The highest BCUT2D eigenvalue weighted by molar-refractivity contribution is 5.86. The normalized spacial score (nSPS) is 24.9. The molecule has 1 saturated heterocycles. The van der Waals surface area contributed by atoms with Crippen LogP contribution in [0.3, 0.4) is 0 Å².